The van der Waals surface area contributed by atoms with E-state index in [-0.39, 0.29) is 12.5 Å². The van der Waals surface area contributed by atoms with E-state index in [1.165, 1.54) is 0 Å². The third kappa shape index (κ3) is 4.69. The third-order valence-electron chi connectivity index (χ3n) is 2.49. The van der Waals surface area contributed by atoms with Crippen molar-refractivity contribution in [3.8, 4) is 11.5 Å². The molecule has 1 rings (SSSR count). The standard InChI is InChI=1S/C14H22N2O3/c1-5-18-12-8-7-11(9-13(12)19-6-2)15-10-14(17)16(3)4/h7-9,15H,5-6,10H2,1-4H3. The zero-order chi connectivity index (χ0) is 14.3. The minimum Gasteiger partial charge on any atom is -0.490 e. The lowest BCUT2D eigenvalue weighted by molar-refractivity contribution is -0.126. The Morgan fingerprint density at radius 2 is 1.79 bits per heavy atom. The van der Waals surface area contributed by atoms with Crippen LogP contribution in [0.4, 0.5) is 5.69 Å². The van der Waals surface area contributed by atoms with Gasteiger partial charge in [0, 0.05) is 25.8 Å². The van der Waals surface area contributed by atoms with Crippen LogP contribution in [0.1, 0.15) is 13.8 Å². The van der Waals surface area contributed by atoms with Crippen molar-refractivity contribution in [2.75, 3.05) is 39.2 Å². The van der Waals surface area contributed by atoms with E-state index < -0.39 is 0 Å². The number of likely N-dealkylation sites (N-methyl/N-ethyl adjacent to an activating group) is 1. The molecular weight excluding hydrogens is 244 g/mol. The van der Waals surface area contributed by atoms with Crippen molar-refractivity contribution in [1.29, 1.82) is 0 Å². The Labute approximate surface area is 114 Å². The molecule has 0 aliphatic carbocycles. The second-order valence-electron chi connectivity index (χ2n) is 4.17. The number of ether oxygens (including phenoxy) is 2. The highest BCUT2D eigenvalue weighted by atomic mass is 16.5. The number of hydrogen-bond acceptors (Lipinski definition) is 4. The van der Waals surface area contributed by atoms with E-state index in [4.69, 9.17) is 9.47 Å². The normalized spacial score (nSPS) is 9.89. The van der Waals surface area contributed by atoms with Crippen LogP contribution in [-0.4, -0.2) is 44.7 Å². The number of hydrogen-bond donors (Lipinski definition) is 1. The maximum atomic E-state index is 11.5. The van der Waals surface area contributed by atoms with Crippen molar-refractivity contribution >= 4 is 11.6 Å². The van der Waals surface area contributed by atoms with E-state index in [1.54, 1.807) is 19.0 Å². The van der Waals surface area contributed by atoms with Crippen molar-refractivity contribution in [2.45, 2.75) is 13.8 Å². The van der Waals surface area contributed by atoms with Crippen LogP contribution in [0.3, 0.4) is 0 Å². The van der Waals surface area contributed by atoms with Gasteiger partial charge in [0.2, 0.25) is 5.91 Å². The average Bonchev–Trinajstić information content (AvgIpc) is 2.39. The molecule has 106 valence electrons. The predicted molar refractivity (Wildman–Crippen MR) is 76.0 cm³/mol. The van der Waals surface area contributed by atoms with E-state index >= 15 is 0 Å². The summed E-state index contributed by atoms with van der Waals surface area (Å²) < 4.78 is 11.0. The molecule has 0 spiro atoms. The zero-order valence-corrected chi connectivity index (χ0v) is 12.0. The molecule has 0 saturated carbocycles. The van der Waals surface area contributed by atoms with E-state index in [0.29, 0.717) is 24.7 Å². The minimum absolute atomic E-state index is 0.0202. The first-order valence-corrected chi connectivity index (χ1v) is 6.42. The number of nitrogens with zero attached hydrogens (tertiary/aromatic N) is 1. The van der Waals surface area contributed by atoms with Crippen LogP contribution < -0.4 is 14.8 Å². The molecule has 19 heavy (non-hydrogen) atoms. The van der Waals surface area contributed by atoms with Crippen LogP contribution >= 0.6 is 0 Å². The summed E-state index contributed by atoms with van der Waals surface area (Å²) in [5.41, 5.74) is 0.835. The second kappa shape index (κ2) is 7.51. The molecule has 1 amide bonds. The number of amides is 1. The lowest BCUT2D eigenvalue weighted by Crippen LogP contribution is -2.28. The maximum absolute atomic E-state index is 11.5. The highest BCUT2D eigenvalue weighted by Gasteiger charge is 2.08. The smallest absolute Gasteiger partial charge is 0.241 e. The van der Waals surface area contributed by atoms with E-state index in [0.717, 1.165) is 5.69 Å². The van der Waals surface area contributed by atoms with Crippen molar-refractivity contribution in [3.63, 3.8) is 0 Å². The second-order valence-corrected chi connectivity index (χ2v) is 4.17. The molecule has 0 aliphatic heterocycles. The number of anilines is 1. The molecule has 0 unspecified atom stereocenters. The molecule has 1 N–H and O–H groups in total. The summed E-state index contributed by atoms with van der Waals surface area (Å²) in [6, 6.07) is 5.56. The molecule has 1 aromatic carbocycles. The summed E-state index contributed by atoms with van der Waals surface area (Å²) in [6.07, 6.45) is 0. The molecule has 5 nitrogen and oxygen atoms in total. The molecule has 5 heteroatoms. The van der Waals surface area contributed by atoms with Gasteiger partial charge in [-0.15, -0.1) is 0 Å². The number of benzene rings is 1. The van der Waals surface area contributed by atoms with Crippen LogP contribution in [-0.2, 0) is 4.79 Å². The maximum Gasteiger partial charge on any atom is 0.241 e. The zero-order valence-electron chi connectivity index (χ0n) is 12.0. The van der Waals surface area contributed by atoms with Crippen LogP contribution in [0.15, 0.2) is 18.2 Å². The van der Waals surface area contributed by atoms with Crippen molar-refractivity contribution in [3.05, 3.63) is 18.2 Å². The molecule has 0 radical (unpaired) electrons. The molecule has 0 heterocycles. The van der Waals surface area contributed by atoms with Gasteiger partial charge in [-0.25, -0.2) is 0 Å². The Hall–Kier alpha value is -1.91. The first kappa shape index (κ1) is 15.1. The van der Waals surface area contributed by atoms with Gasteiger partial charge in [-0.1, -0.05) is 0 Å². The van der Waals surface area contributed by atoms with Gasteiger partial charge in [0.05, 0.1) is 19.8 Å². The summed E-state index contributed by atoms with van der Waals surface area (Å²) in [5.74, 6) is 1.42. The first-order valence-electron chi connectivity index (χ1n) is 6.42. The van der Waals surface area contributed by atoms with Crippen molar-refractivity contribution < 1.29 is 14.3 Å². The Morgan fingerprint density at radius 1 is 1.16 bits per heavy atom. The van der Waals surface area contributed by atoms with Gasteiger partial charge < -0.3 is 19.7 Å². The molecule has 0 saturated heterocycles. The molecule has 1 aromatic rings. The van der Waals surface area contributed by atoms with Gasteiger partial charge in [-0.05, 0) is 26.0 Å². The Kier molecular flexibility index (Phi) is 5.99. The van der Waals surface area contributed by atoms with E-state index in [2.05, 4.69) is 5.32 Å². The first-order chi connectivity index (χ1) is 9.08. The quantitative estimate of drug-likeness (QED) is 0.820. The highest BCUT2D eigenvalue weighted by Crippen LogP contribution is 2.30. The van der Waals surface area contributed by atoms with Gasteiger partial charge in [0.1, 0.15) is 0 Å². The fourth-order valence-electron chi connectivity index (χ4n) is 1.50. The van der Waals surface area contributed by atoms with E-state index in [9.17, 15) is 4.79 Å². The Bertz CT molecular complexity index is 419. The van der Waals surface area contributed by atoms with Gasteiger partial charge in [-0.2, -0.15) is 0 Å². The van der Waals surface area contributed by atoms with E-state index in [1.807, 2.05) is 32.0 Å². The summed E-state index contributed by atoms with van der Waals surface area (Å²) >= 11 is 0. The van der Waals surface area contributed by atoms with Crippen LogP contribution in [0.5, 0.6) is 11.5 Å². The SMILES string of the molecule is CCOc1ccc(NCC(=O)N(C)C)cc1OCC. The van der Waals surface area contributed by atoms with Gasteiger partial charge >= 0.3 is 0 Å². The average molecular weight is 266 g/mol. The fourth-order valence-corrected chi connectivity index (χ4v) is 1.50. The molecule has 0 aromatic heterocycles. The fraction of sp³-hybridized carbons (Fsp3) is 0.500. The van der Waals surface area contributed by atoms with Crippen molar-refractivity contribution in [1.82, 2.24) is 4.90 Å². The Morgan fingerprint density at radius 3 is 2.37 bits per heavy atom. The lowest BCUT2D eigenvalue weighted by Gasteiger charge is -2.14. The van der Waals surface area contributed by atoms with Crippen molar-refractivity contribution in [2.24, 2.45) is 0 Å². The topological polar surface area (TPSA) is 50.8 Å². The monoisotopic (exact) mass is 266 g/mol. The molecule has 0 bridgehead atoms. The molecule has 0 aliphatic rings. The highest BCUT2D eigenvalue weighted by molar-refractivity contribution is 5.80. The van der Waals surface area contributed by atoms with Crippen LogP contribution in [0, 0.1) is 0 Å². The molecular formula is C14H22N2O3. The van der Waals surface area contributed by atoms with Gasteiger partial charge in [0.25, 0.3) is 0 Å². The lowest BCUT2D eigenvalue weighted by atomic mass is 10.2. The third-order valence-corrected chi connectivity index (χ3v) is 2.49. The largest absolute Gasteiger partial charge is 0.490 e. The van der Waals surface area contributed by atoms with Gasteiger partial charge in [-0.3, -0.25) is 4.79 Å². The van der Waals surface area contributed by atoms with Gasteiger partial charge in [0.15, 0.2) is 11.5 Å². The molecule has 0 atom stereocenters. The number of nitrogens with one attached hydrogen (secondary N) is 1. The predicted octanol–water partition coefficient (Wildman–Crippen LogP) is 1.98. The van der Waals surface area contributed by atoms with Crippen LogP contribution in [0.25, 0.3) is 0 Å². The minimum atomic E-state index is 0.0202. The number of rotatable bonds is 7. The summed E-state index contributed by atoms with van der Waals surface area (Å²) in [6.45, 7) is 5.27. The Balaban J connectivity index is 2.74. The summed E-state index contributed by atoms with van der Waals surface area (Å²) in [5, 5.41) is 3.07. The molecule has 0 fully saturated rings. The number of carbonyl (C=O) groups is 1. The number of carbonyl (C=O) groups excluding carboxylic acids is 1. The summed E-state index contributed by atoms with van der Waals surface area (Å²) in [4.78, 5) is 13.1. The summed E-state index contributed by atoms with van der Waals surface area (Å²) in [7, 11) is 3.46. The van der Waals surface area contributed by atoms with Crippen LogP contribution in [0.2, 0.25) is 0 Å².